The Labute approximate surface area is 284 Å². The van der Waals surface area contributed by atoms with Gasteiger partial charge in [0, 0.05) is 6.20 Å². The predicted molar refractivity (Wildman–Crippen MR) is 182 cm³/mol. The molecule has 0 amide bonds. The number of rotatable bonds is 4. The van der Waals surface area contributed by atoms with Crippen LogP contribution in [0.4, 0.5) is 0 Å². The van der Waals surface area contributed by atoms with E-state index in [4.69, 9.17) is 13.8 Å². The molecule has 3 aromatic heterocycles. The number of pyridine rings is 1. The summed E-state index contributed by atoms with van der Waals surface area (Å²) < 4.78 is 37.1. The Morgan fingerprint density at radius 1 is 0.783 bits per heavy atom. The van der Waals surface area contributed by atoms with E-state index in [9.17, 15) is 0 Å². The van der Waals surface area contributed by atoms with Gasteiger partial charge in [-0.15, -0.1) is 0 Å². The molecule has 0 spiro atoms. The molecule has 0 radical (unpaired) electrons. The maximum absolute atomic E-state index is 8.18. The standard InChI is InChI=1S/C40H36N4O.Pt/c1-26-16-19-41-38(20-26)44-36-22-29(45-28-11-9-10-27(21-28)43-25-42(6)34-12-7-8-13-35(34)43)14-15-30(36)31-23-32-33(24-37(31)44)40(4,5)18-17-39(32,2)3;/h7-16,19-20,23-24H,17-18H2,1-6H3;/q-2;/i6D3;. The van der Waals surface area contributed by atoms with Gasteiger partial charge in [-0.3, -0.25) is 0 Å². The number of aryl methyl sites for hydroxylation is 2. The van der Waals surface area contributed by atoms with Gasteiger partial charge in [0.2, 0.25) is 0 Å². The van der Waals surface area contributed by atoms with Gasteiger partial charge in [-0.05, 0) is 53.4 Å². The van der Waals surface area contributed by atoms with Crippen molar-refractivity contribution in [2.75, 3.05) is 0 Å². The molecule has 5 nitrogen and oxygen atoms in total. The van der Waals surface area contributed by atoms with E-state index < -0.39 is 6.98 Å². The van der Waals surface area contributed by atoms with Gasteiger partial charge in [0.25, 0.3) is 0 Å². The third-order valence-electron chi connectivity index (χ3n) is 9.67. The van der Waals surface area contributed by atoms with E-state index in [0.29, 0.717) is 26.5 Å². The van der Waals surface area contributed by atoms with Crippen LogP contribution in [0.5, 0.6) is 11.5 Å². The maximum atomic E-state index is 8.18. The quantitative estimate of drug-likeness (QED) is 0.167. The van der Waals surface area contributed by atoms with Gasteiger partial charge in [-0.25, -0.2) is 0 Å². The molecular weight excluding hydrogens is 748 g/mol. The minimum absolute atomic E-state index is 0.0604. The first kappa shape index (κ1) is 25.9. The van der Waals surface area contributed by atoms with Crippen LogP contribution in [-0.4, -0.2) is 18.7 Å². The van der Waals surface area contributed by atoms with Gasteiger partial charge in [0.15, 0.2) is 0 Å². The van der Waals surface area contributed by atoms with E-state index in [1.807, 2.05) is 65.4 Å². The van der Waals surface area contributed by atoms with Crippen molar-refractivity contribution in [3.05, 3.63) is 118 Å². The summed E-state index contributed by atoms with van der Waals surface area (Å²) in [6, 6.07) is 33.1. The van der Waals surface area contributed by atoms with Crippen LogP contribution >= 0.6 is 0 Å². The molecule has 0 unspecified atom stereocenters. The Balaban J connectivity index is 1.29. The van der Waals surface area contributed by atoms with E-state index in [2.05, 4.69) is 94.9 Å². The summed E-state index contributed by atoms with van der Waals surface area (Å²) in [6.07, 6.45) is 4.14. The van der Waals surface area contributed by atoms with Crippen LogP contribution in [-0.2, 0) is 37.2 Å². The van der Waals surface area contributed by atoms with Crippen LogP contribution in [0.15, 0.2) is 85.1 Å². The fraction of sp³-hybridized carbons (Fsp3) is 0.250. The van der Waals surface area contributed by atoms with Gasteiger partial charge in [0.05, 0.1) is 0 Å². The molecular formula is C40H36N4OPt-2. The van der Waals surface area contributed by atoms with Crippen LogP contribution in [0.25, 0.3) is 44.3 Å². The molecule has 234 valence electrons. The summed E-state index contributed by atoms with van der Waals surface area (Å²) in [4.78, 5) is 4.82. The first-order valence-corrected chi connectivity index (χ1v) is 16.7. The number of para-hydroxylation sites is 2. The number of hydrogen-bond donors (Lipinski definition) is 0. The van der Waals surface area contributed by atoms with Crippen molar-refractivity contribution in [3.63, 3.8) is 0 Å². The van der Waals surface area contributed by atoms with Crippen LogP contribution < -0.4 is 4.74 Å². The second-order valence-electron chi connectivity index (χ2n) is 13.7. The molecule has 4 aromatic carbocycles. The minimum atomic E-state index is -2.34. The zero-order valence-electron chi connectivity index (χ0n) is 29.5. The zero-order valence-corrected chi connectivity index (χ0v) is 28.8. The van der Waals surface area contributed by atoms with E-state index in [0.717, 1.165) is 46.2 Å². The normalized spacial score (nSPS) is 16.7. The van der Waals surface area contributed by atoms with Gasteiger partial charge in [-0.1, -0.05) is 27.7 Å². The number of aromatic nitrogens is 4. The number of ether oxygens (including phenoxy) is 1. The van der Waals surface area contributed by atoms with E-state index in [-0.39, 0.29) is 10.8 Å². The van der Waals surface area contributed by atoms with Crippen LogP contribution in [0.2, 0.25) is 0 Å². The fourth-order valence-corrected chi connectivity index (χ4v) is 7.83. The van der Waals surface area contributed by atoms with Crippen molar-refractivity contribution >= 4 is 32.8 Å². The average Bonchev–Trinajstić information content (AvgIpc) is 3.53. The van der Waals surface area contributed by atoms with Crippen molar-refractivity contribution in [2.45, 2.75) is 58.3 Å². The van der Waals surface area contributed by atoms with Crippen LogP contribution in [0, 0.1) is 22.9 Å². The molecule has 7 aromatic rings. The summed E-state index contributed by atoms with van der Waals surface area (Å²) in [5.41, 5.74) is 8.14. The molecule has 46 heavy (non-hydrogen) atoms. The van der Waals surface area contributed by atoms with E-state index in [1.165, 1.54) is 21.1 Å². The Kier molecular flexibility index (Phi) is 5.86. The fourth-order valence-electron chi connectivity index (χ4n) is 7.01. The predicted octanol–water partition coefficient (Wildman–Crippen LogP) is 9.59. The molecule has 0 saturated heterocycles. The first-order valence-electron chi connectivity index (χ1n) is 17.1. The summed E-state index contributed by atoms with van der Waals surface area (Å²) in [5.74, 6) is 1.89. The molecule has 3 heterocycles. The molecule has 6 heteroatoms. The third kappa shape index (κ3) is 4.54. The monoisotopic (exact) mass is 786 g/mol. The second-order valence-corrected chi connectivity index (χ2v) is 14.7. The van der Waals surface area contributed by atoms with Crippen molar-refractivity contribution in [1.29, 1.82) is 0 Å². The van der Waals surface area contributed by atoms with Crippen LogP contribution in [0.3, 0.4) is 0 Å². The van der Waals surface area contributed by atoms with E-state index in [1.54, 1.807) is 0 Å². The summed E-state index contributed by atoms with van der Waals surface area (Å²) in [6.45, 7) is 9.17. The van der Waals surface area contributed by atoms with Crippen molar-refractivity contribution in [2.24, 2.45) is 6.98 Å². The average molecular weight is 787 g/mol. The first-order chi connectivity index (χ1) is 23.2. The van der Waals surface area contributed by atoms with Crippen LogP contribution in [0.1, 0.15) is 61.3 Å². The Hall–Kier alpha value is -4.21. The summed E-state index contributed by atoms with van der Waals surface area (Å²) >= 11 is 2.07. The molecule has 1 aliphatic rings. The SMILES string of the molecule is [2H]C([2H])([2H])n1[c](=[Pt])n(-c2[c-]c(Oc3[c-]c4c(cc3)c3cc5c(cc3n4-c3cc(C)ccn3)C(C)(C)CCC5(C)C)ccc2)c2ccccc21. The Morgan fingerprint density at radius 3 is 2.28 bits per heavy atom. The zero-order chi connectivity index (χ0) is 34.5. The van der Waals surface area contributed by atoms with Crippen molar-refractivity contribution in [1.82, 2.24) is 18.7 Å². The molecule has 0 bridgehead atoms. The number of benzene rings is 4. The Bertz CT molecular complexity index is 2520. The third-order valence-corrected chi connectivity index (χ3v) is 10.7. The number of nitrogens with zero attached hydrogens (tertiary/aromatic N) is 4. The van der Waals surface area contributed by atoms with Gasteiger partial charge in [0.1, 0.15) is 0 Å². The molecule has 0 N–H and O–H groups in total. The topological polar surface area (TPSA) is 36.9 Å². The van der Waals surface area contributed by atoms with Gasteiger partial charge < -0.3 is 0 Å². The number of imidazole rings is 1. The molecule has 0 saturated carbocycles. The second kappa shape index (κ2) is 10.4. The summed E-state index contributed by atoms with van der Waals surface area (Å²) in [7, 11) is 0. The van der Waals surface area contributed by atoms with Gasteiger partial charge in [-0.2, -0.15) is 0 Å². The molecule has 0 atom stereocenters. The summed E-state index contributed by atoms with van der Waals surface area (Å²) in [5, 5.41) is 2.27. The Morgan fingerprint density at radius 2 is 1.52 bits per heavy atom. The van der Waals surface area contributed by atoms with Crippen molar-refractivity contribution in [3.8, 4) is 23.0 Å². The van der Waals surface area contributed by atoms with Gasteiger partial charge >= 0.3 is 198 Å². The number of hydrogen-bond acceptors (Lipinski definition) is 2. The molecule has 8 rings (SSSR count). The molecule has 0 aliphatic heterocycles. The van der Waals surface area contributed by atoms with E-state index >= 15 is 0 Å². The van der Waals surface area contributed by atoms with Crippen molar-refractivity contribution < 1.29 is 28.2 Å². The molecule has 0 fully saturated rings. The number of fused-ring (bicyclic) bond motifs is 5. The molecule has 1 aliphatic carbocycles.